The molecular weight excluding hydrogens is 599 g/mol. The summed E-state index contributed by atoms with van der Waals surface area (Å²) in [5.74, 6) is 1.90. The molecule has 0 spiro atoms. The lowest BCUT2D eigenvalue weighted by Gasteiger charge is -2.35. The van der Waals surface area contributed by atoms with Crippen molar-refractivity contribution in [1.82, 2.24) is 9.55 Å². The number of thiol groups is 2. The number of aromatic nitrogens is 2. The zero-order valence-electron chi connectivity index (χ0n) is 25.5. The second-order valence-corrected chi connectivity index (χ2v) is 16.4. The number of aryl methyl sites for hydroxylation is 2. The SMILES string of the molecule is SCCc1ccc([Si](Cn2ccnc2BC(c2ccccc2)c2ccccc2)(c2ccccc2)c2ccc(CCS)cc2)cc1. The number of benzene rings is 5. The summed E-state index contributed by atoms with van der Waals surface area (Å²) in [7, 11) is -1.75. The summed E-state index contributed by atoms with van der Waals surface area (Å²) in [5.41, 5.74) is 6.38. The molecule has 224 valence electrons. The standard InChI is InChI=1S/C39H39BN2S2Si/c43-28-24-31-16-20-36(21-17-31)45(35-14-8-3-9-15-35,37-22-18-32(19-23-37)25-29-44)30-42-27-26-41-39(42)40-38(33-10-4-1-5-11-33)34-12-6-2-7-13-34/h1-23,26-27,38,40,43-44H,24-25,28-30H2. The highest BCUT2D eigenvalue weighted by atomic mass is 32.1. The van der Waals surface area contributed by atoms with Gasteiger partial charge in [0.15, 0.2) is 8.07 Å². The second kappa shape index (κ2) is 15.0. The summed E-state index contributed by atoms with van der Waals surface area (Å²) in [5, 5.41) is 4.21. The molecule has 0 aliphatic carbocycles. The highest BCUT2D eigenvalue weighted by molar-refractivity contribution is 7.80. The topological polar surface area (TPSA) is 17.8 Å². The summed E-state index contributed by atoms with van der Waals surface area (Å²) in [4.78, 5) is 5.02. The molecule has 0 saturated carbocycles. The zero-order valence-corrected chi connectivity index (χ0v) is 28.3. The molecule has 6 heteroatoms. The average Bonchev–Trinajstić information content (AvgIpc) is 3.54. The van der Waals surface area contributed by atoms with Gasteiger partial charge in [-0.25, -0.2) is 0 Å². The van der Waals surface area contributed by atoms with E-state index in [2.05, 4.69) is 176 Å². The Bertz CT molecular complexity index is 1670. The quantitative estimate of drug-likeness (QED) is 0.0987. The molecule has 1 aromatic heterocycles. The minimum absolute atomic E-state index is 0.211. The Labute approximate surface area is 280 Å². The van der Waals surface area contributed by atoms with Crippen LogP contribution in [0.3, 0.4) is 0 Å². The van der Waals surface area contributed by atoms with E-state index >= 15 is 0 Å². The van der Waals surface area contributed by atoms with Crippen LogP contribution in [-0.4, -0.2) is 36.4 Å². The van der Waals surface area contributed by atoms with Crippen LogP contribution in [0.4, 0.5) is 0 Å². The van der Waals surface area contributed by atoms with E-state index in [-0.39, 0.29) is 5.82 Å². The monoisotopic (exact) mass is 638 g/mol. The number of hydrogen-bond donors (Lipinski definition) is 2. The van der Waals surface area contributed by atoms with Crippen LogP contribution in [0.15, 0.2) is 152 Å². The summed E-state index contributed by atoms with van der Waals surface area (Å²) < 4.78 is 2.45. The Balaban J connectivity index is 1.48. The molecule has 0 amide bonds. The largest absolute Gasteiger partial charge is 0.345 e. The predicted molar refractivity (Wildman–Crippen MR) is 203 cm³/mol. The lowest BCUT2D eigenvalue weighted by molar-refractivity contribution is 0.889. The van der Waals surface area contributed by atoms with Gasteiger partial charge in [-0.1, -0.05) is 140 Å². The van der Waals surface area contributed by atoms with Gasteiger partial charge in [0, 0.05) is 18.6 Å². The van der Waals surface area contributed by atoms with E-state index in [0.717, 1.165) is 43.5 Å². The Morgan fingerprint density at radius 2 is 1.02 bits per heavy atom. The first-order chi connectivity index (χ1) is 22.2. The van der Waals surface area contributed by atoms with Crippen molar-refractivity contribution in [3.05, 3.63) is 174 Å². The predicted octanol–water partition coefficient (Wildman–Crippen LogP) is 5.39. The van der Waals surface area contributed by atoms with E-state index in [0.29, 0.717) is 0 Å². The fraction of sp³-hybridized carbons (Fsp3) is 0.154. The molecule has 0 aliphatic rings. The molecule has 6 rings (SSSR count). The number of nitrogens with zero attached hydrogens (tertiary/aromatic N) is 2. The second-order valence-electron chi connectivity index (χ2n) is 11.7. The molecule has 0 aliphatic heterocycles. The molecular formula is C39H39BN2S2Si. The van der Waals surface area contributed by atoms with E-state index in [1.165, 1.54) is 37.8 Å². The third kappa shape index (κ3) is 7.09. The van der Waals surface area contributed by atoms with Gasteiger partial charge in [0.1, 0.15) is 0 Å². The third-order valence-corrected chi connectivity index (χ3v) is 14.2. The van der Waals surface area contributed by atoms with Gasteiger partial charge in [-0.3, -0.25) is 4.98 Å². The zero-order chi connectivity index (χ0) is 30.9. The first kappa shape index (κ1) is 31.3. The van der Waals surface area contributed by atoms with E-state index in [1.807, 2.05) is 6.20 Å². The molecule has 0 bridgehead atoms. The number of imidazole rings is 1. The molecule has 0 radical (unpaired) electrons. The van der Waals surface area contributed by atoms with E-state index in [9.17, 15) is 0 Å². The summed E-state index contributed by atoms with van der Waals surface area (Å²) in [6.45, 7) is 0. The van der Waals surface area contributed by atoms with Gasteiger partial charge < -0.3 is 4.57 Å². The van der Waals surface area contributed by atoms with Crippen molar-refractivity contribution in [1.29, 1.82) is 0 Å². The van der Waals surface area contributed by atoms with E-state index in [4.69, 9.17) is 4.98 Å². The van der Waals surface area contributed by atoms with Gasteiger partial charge in [0.2, 0.25) is 7.28 Å². The van der Waals surface area contributed by atoms with Gasteiger partial charge in [-0.15, -0.1) is 0 Å². The average molecular weight is 639 g/mol. The lowest BCUT2D eigenvalue weighted by atomic mass is 9.58. The molecule has 2 nitrogen and oxygen atoms in total. The smallest absolute Gasteiger partial charge is 0.217 e. The molecule has 0 unspecified atom stereocenters. The maximum absolute atomic E-state index is 5.02. The maximum Gasteiger partial charge on any atom is 0.217 e. The minimum atomic E-state index is -2.58. The first-order valence-electron chi connectivity index (χ1n) is 15.8. The van der Waals surface area contributed by atoms with Crippen molar-refractivity contribution < 1.29 is 0 Å². The Kier molecular flexibility index (Phi) is 10.5. The van der Waals surface area contributed by atoms with Crippen molar-refractivity contribution in [2.24, 2.45) is 0 Å². The van der Waals surface area contributed by atoms with Crippen LogP contribution in [0.25, 0.3) is 0 Å². The Morgan fingerprint density at radius 3 is 1.49 bits per heavy atom. The number of hydrogen-bond acceptors (Lipinski definition) is 3. The van der Waals surface area contributed by atoms with Crippen LogP contribution in [0.5, 0.6) is 0 Å². The van der Waals surface area contributed by atoms with E-state index in [1.54, 1.807) is 0 Å². The molecule has 1 heterocycles. The van der Waals surface area contributed by atoms with Crippen molar-refractivity contribution >= 4 is 61.9 Å². The minimum Gasteiger partial charge on any atom is -0.345 e. The van der Waals surface area contributed by atoms with Crippen molar-refractivity contribution in [3.63, 3.8) is 0 Å². The molecule has 0 N–H and O–H groups in total. The highest BCUT2D eigenvalue weighted by Gasteiger charge is 2.40. The molecule has 0 saturated heterocycles. The first-order valence-corrected chi connectivity index (χ1v) is 19.2. The number of rotatable bonds is 13. The van der Waals surface area contributed by atoms with Crippen molar-refractivity contribution in [2.45, 2.75) is 24.8 Å². The Hall–Kier alpha value is -3.71. The van der Waals surface area contributed by atoms with Crippen molar-refractivity contribution in [3.8, 4) is 0 Å². The normalized spacial score (nSPS) is 11.5. The maximum atomic E-state index is 5.02. The third-order valence-electron chi connectivity index (χ3n) is 8.96. The van der Waals surface area contributed by atoms with Gasteiger partial charge in [-0.2, -0.15) is 25.3 Å². The van der Waals surface area contributed by atoms with Crippen LogP contribution in [0.2, 0.25) is 0 Å². The van der Waals surface area contributed by atoms with Crippen LogP contribution in [0, 0.1) is 0 Å². The fourth-order valence-electron chi connectivity index (χ4n) is 6.58. The molecule has 45 heavy (non-hydrogen) atoms. The lowest BCUT2D eigenvalue weighted by Crippen LogP contribution is -2.70. The molecule has 5 aromatic carbocycles. The summed E-state index contributed by atoms with van der Waals surface area (Å²) in [6, 6.07) is 51.6. The highest BCUT2D eigenvalue weighted by Crippen LogP contribution is 2.23. The van der Waals surface area contributed by atoms with Gasteiger partial charge >= 0.3 is 0 Å². The van der Waals surface area contributed by atoms with Gasteiger partial charge in [0.25, 0.3) is 0 Å². The van der Waals surface area contributed by atoms with Crippen LogP contribution in [-0.2, 0) is 19.0 Å². The summed E-state index contributed by atoms with van der Waals surface area (Å²) in [6.07, 6.45) is 6.97. The molecule has 6 aromatic rings. The van der Waals surface area contributed by atoms with E-state index < -0.39 is 8.07 Å². The Morgan fingerprint density at radius 1 is 0.578 bits per heavy atom. The van der Waals surface area contributed by atoms with Crippen molar-refractivity contribution in [2.75, 3.05) is 11.5 Å². The summed E-state index contributed by atoms with van der Waals surface area (Å²) >= 11 is 9.00. The van der Waals surface area contributed by atoms with Crippen LogP contribution in [0.1, 0.15) is 28.1 Å². The fourth-order valence-corrected chi connectivity index (χ4v) is 11.7. The van der Waals surface area contributed by atoms with Crippen LogP contribution >= 0.6 is 25.3 Å². The van der Waals surface area contributed by atoms with Crippen LogP contribution < -0.4 is 21.3 Å². The van der Waals surface area contributed by atoms with Gasteiger partial charge in [-0.05, 0) is 68.0 Å². The molecule has 0 atom stereocenters. The molecule has 0 fully saturated rings. The van der Waals surface area contributed by atoms with Gasteiger partial charge in [0.05, 0.1) is 5.72 Å².